The molecule has 168 valence electrons. The normalized spacial score (nSPS) is 21.5. The maximum absolute atomic E-state index is 12.9. The van der Waals surface area contributed by atoms with Gasteiger partial charge in [0.15, 0.2) is 0 Å². The molecule has 0 amide bonds. The minimum Gasteiger partial charge on any atom is -0.392 e. The first-order valence-corrected chi connectivity index (χ1v) is 10.8. The predicted molar refractivity (Wildman–Crippen MR) is 126 cm³/mol. The summed E-state index contributed by atoms with van der Waals surface area (Å²) in [5.74, 6) is 0.614. The molecular formula is C24H25N7O2. The molecule has 4 heterocycles. The molecule has 2 unspecified atom stereocenters. The molecule has 33 heavy (non-hydrogen) atoms. The molecule has 9 nitrogen and oxygen atoms in total. The van der Waals surface area contributed by atoms with Gasteiger partial charge in [-0.2, -0.15) is 0 Å². The molecule has 2 aliphatic rings. The summed E-state index contributed by atoms with van der Waals surface area (Å²) in [7, 11) is 0. The van der Waals surface area contributed by atoms with Crippen molar-refractivity contribution in [3.8, 4) is 0 Å². The number of imidazole rings is 1. The first kappa shape index (κ1) is 20.9. The summed E-state index contributed by atoms with van der Waals surface area (Å²) in [5.41, 5.74) is 3.71. The lowest BCUT2D eigenvalue weighted by Gasteiger charge is -2.31. The SMILES string of the molecule is CC1C=C(n2ccnc2)C=C2NC(c3c(NCc4ncccc4CO)cc[nH]c3=O)=NC21C. The molecule has 9 heteroatoms. The first-order valence-electron chi connectivity index (χ1n) is 10.8. The number of nitrogens with zero attached hydrogens (tertiary/aromatic N) is 4. The Hall–Kier alpha value is -3.98. The van der Waals surface area contributed by atoms with Gasteiger partial charge < -0.3 is 25.3 Å². The number of H-pyrrole nitrogens is 1. The van der Waals surface area contributed by atoms with E-state index in [-0.39, 0.29) is 18.1 Å². The zero-order chi connectivity index (χ0) is 23.0. The summed E-state index contributed by atoms with van der Waals surface area (Å²) in [6.45, 7) is 4.45. The number of aliphatic imine (C=N–C) groups is 1. The number of nitrogens with one attached hydrogen (secondary N) is 3. The Kier molecular flexibility index (Phi) is 5.18. The number of amidine groups is 1. The van der Waals surface area contributed by atoms with Crippen molar-refractivity contribution in [2.75, 3.05) is 5.32 Å². The molecule has 3 aromatic heterocycles. The second kappa shape index (κ2) is 8.18. The van der Waals surface area contributed by atoms with E-state index in [4.69, 9.17) is 4.99 Å². The lowest BCUT2D eigenvalue weighted by Crippen LogP contribution is -2.36. The molecule has 2 atom stereocenters. The molecule has 0 fully saturated rings. The maximum Gasteiger partial charge on any atom is 0.261 e. The highest BCUT2D eigenvalue weighted by Gasteiger charge is 2.42. The van der Waals surface area contributed by atoms with Crippen molar-refractivity contribution in [2.24, 2.45) is 10.9 Å². The van der Waals surface area contributed by atoms with Crippen LogP contribution in [0.3, 0.4) is 0 Å². The van der Waals surface area contributed by atoms with E-state index >= 15 is 0 Å². The van der Waals surface area contributed by atoms with Gasteiger partial charge in [-0.3, -0.25) is 14.8 Å². The van der Waals surface area contributed by atoms with Gasteiger partial charge in [-0.05, 0) is 25.1 Å². The number of hydrogen-bond donors (Lipinski definition) is 4. The van der Waals surface area contributed by atoms with E-state index in [0.29, 0.717) is 23.6 Å². The van der Waals surface area contributed by atoms with E-state index in [1.807, 2.05) is 22.9 Å². The Morgan fingerprint density at radius 1 is 1.30 bits per heavy atom. The van der Waals surface area contributed by atoms with E-state index in [0.717, 1.165) is 22.7 Å². The van der Waals surface area contributed by atoms with Crippen LogP contribution in [-0.4, -0.2) is 36.0 Å². The van der Waals surface area contributed by atoms with Crippen molar-refractivity contribution in [3.05, 3.63) is 94.3 Å². The number of aliphatic hydroxyl groups excluding tert-OH is 1. The smallest absolute Gasteiger partial charge is 0.261 e. The largest absolute Gasteiger partial charge is 0.392 e. The average molecular weight is 444 g/mol. The Balaban J connectivity index is 1.47. The number of allylic oxidation sites excluding steroid dienone is 2. The monoisotopic (exact) mass is 443 g/mol. The fourth-order valence-electron chi connectivity index (χ4n) is 4.22. The molecule has 0 saturated carbocycles. The van der Waals surface area contributed by atoms with Gasteiger partial charge in [-0.1, -0.05) is 19.1 Å². The number of aliphatic hydroxyl groups is 1. The van der Waals surface area contributed by atoms with E-state index < -0.39 is 5.54 Å². The Bertz CT molecular complexity index is 1340. The molecule has 0 radical (unpaired) electrons. The summed E-state index contributed by atoms with van der Waals surface area (Å²) in [4.78, 5) is 29.1. The Labute approximate surface area is 190 Å². The molecule has 5 rings (SSSR count). The second-order valence-corrected chi connectivity index (χ2v) is 8.36. The molecule has 0 aromatic carbocycles. The van der Waals surface area contributed by atoms with Crippen LogP contribution in [0.5, 0.6) is 0 Å². The van der Waals surface area contributed by atoms with E-state index in [9.17, 15) is 9.90 Å². The highest BCUT2D eigenvalue weighted by atomic mass is 16.3. The van der Waals surface area contributed by atoms with Gasteiger partial charge in [0.1, 0.15) is 16.9 Å². The molecule has 3 aromatic rings. The summed E-state index contributed by atoms with van der Waals surface area (Å²) in [6.07, 6.45) is 12.9. The van der Waals surface area contributed by atoms with Crippen molar-refractivity contribution < 1.29 is 5.11 Å². The summed E-state index contributed by atoms with van der Waals surface area (Å²) in [6, 6.07) is 5.42. The third-order valence-electron chi connectivity index (χ3n) is 6.34. The van der Waals surface area contributed by atoms with Crippen LogP contribution in [0.25, 0.3) is 5.70 Å². The van der Waals surface area contributed by atoms with Crippen molar-refractivity contribution in [1.82, 2.24) is 24.8 Å². The number of fused-ring (bicyclic) bond motifs is 1. The summed E-state index contributed by atoms with van der Waals surface area (Å²) in [5, 5.41) is 16.3. The molecule has 0 saturated heterocycles. The van der Waals surface area contributed by atoms with Crippen LogP contribution in [0.15, 0.2) is 76.9 Å². The van der Waals surface area contributed by atoms with Gasteiger partial charge in [-0.25, -0.2) is 4.98 Å². The molecule has 1 aliphatic heterocycles. The predicted octanol–water partition coefficient (Wildman–Crippen LogP) is 2.25. The Morgan fingerprint density at radius 3 is 2.97 bits per heavy atom. The van der Waals surface area contributed by atoms with Crippen LogP contribution in [0.2, 0.25) is 0 Å². The number of aromatic amines is 1. The van der Waals surface area contributed by atoms with Crippen LogP contribution in [0, 0.1) is 5.92 Å². The number of pyridine rings is 2. The van der Waals surface area contributed by atoms with E-state index in [2.05, 4.69) is 45.5 Å². The zero-order valence-electron chi connectivity index (χ0n) is 18.4. The highest BCUT2D eigenvalue weighted by Crippen LogP contribution is 2.40. The third-order valence-corrected chi connectivity index (χ3v) is 6.34. The van der Waals surface area contributed by atoms with Gasteiger partial charge in [0.25, 0.3) is 5.56 Å². The fraction of sp³-hybridized carbons (Fsp3) is 0.250. The summed E-state index contributed by atoms with van der Waals surface area (Å²) < 4.78 is 1.96. The quantitative estimate of drug-likeness (QED) is 0.464. The van der Waals surface area contributed by atoms with Gasteiger partial charge >= 0.3 is 0 Å². The first-order chi connectivity index (χ1) is 16.0. The van der Waals surface area contributed by atoms with Crippen LogP contribution in [0.4, 0.5) is 5.69 Å². The zero-order valence-corrected chi connectivity index (χ0v) is 18.4. The third kappa shape index (κ3) is 3.66. The van der Waals surface area contributed by atoms with Crippen molar-refractivity contribution in [2.45, 2.75) is 32.5 Å². The molecule has 0 bridgehead atoms. The lowest BCUT2D eigenvalue weighted by atomic mass is 9.81. The molecule has 1 aliphatic carbocycles. The topological polar surface area (TPSA) is 120 Å². The standard InChI is InChI=1S/C24H25N7O2/c1-15-10-17(31-9-8-25-14-31)11-20-24(15,2)30-22(29-20)21-18(5-7-27-23(21)33)28-12-19-16(13-32)4-3-6-26-19/h3-11,14-15,32H,12-13H2,1-2H3,(H,29,30)(H2,27,28,33). The van der Waals surface area contributed by atoms with Crippen molar-refractivity contribution in [1.29, 1.82) is 0 Å². The highest BCUT2D eigenvalue weighted by molar-refractivity contribution is 6.06. The van der Waals surface area contributed by atoms with Crippen LogP contribution >= 0.6 is 0 Å². The van der Waals surface area contributed by atoms with Crippen LogP contribution in [-0.2, 0) is 13.2 Å². The molecule has 0 spiro atoms. The average Bonchev–Trinajstić information content (AvgIpc) is 3.46. The van der Waals surface area contributed by atoms with Crippen molar-refractivity contribution >= 4 is 17.2 Å². The number of anilines is 1. The number of rotatable bonds is 6. The minimum atomic E-state index is -0.510. The maximum atomic E-state index is 12.9. The number of hydrogen-bond acceptors (Lipinski definition) is 7. The fourth-order valence-corrected chi connectivity index (χ4v) is 4.22. The summed E-state index contributed by atoms with van der Waals surface area (Å²) >= 11 is 0. The van der Waals surface area contributed by atoms with Gasteiger partial charge in [-0.15, -0.1) is 0 Å². The van der Waals surface area contributed by atoms with Gasteiger partial charge in [0, 0.05) is 47.7 Å². The van der Waals surface area contributed by atoms with E-state index in [1.54, 1.807) is 37.1 Å². The van der Waals surface area contributed by atoms with Crippen LogP contribution < -0.4 is 16.2 Å². The lowest BCUT2D eigenvalue weighted by molar-refractivity contribution is 0.280. The van der Waals surface area contributed by atoms with Crippen molar-refractivity contribution in [3.63, 3.8) is 0 Å². The molecule has 4 N–H and O–H groups in total. The molecular weight excluding hydrogens is 418 g/mol. The van der Waals surface area contributed by atoms with Gasteiger partial charge in [0.2, 0.25) is 0 Å². The minimum absolute atomic E-state index is 0.0970. The van der Waals surface area contributed by atoms with E-state index in [1.165, 1.54) is 0 Å². The number of aromatic nitrogens is 4. The second-order valence-electron chi connectivity index (χ2n) is 8.36. The van der Waals surface area contributed by atoms with Crippen LogP contribution in [0.1, 0.15) is 30.7 Å². The van der Waals surface area contributed by atoms with Gasteiger partial charge in [0.05, 0.1) is 30.9 Å². The Morgan fingerprint density at radius 2 is 2.18 bits per heavy atom.